The summed E-state index contributed by atoms with van der Waals surface area (Å²) in [6.45, 7) is 4.35. The molecule has 2 aromatic carbocycles. The summed E-state index contributed by atoms with van der Waals surface area (Å²) in [5, 5.41) is 0. The Morgan fingerprint density at radius 2 is 1.96 bits per heavy atom. The van der Waals surface area contributed by atoms with Crippen molar-refractivity contribution in [2.24, 2.45) is 0 Å². The van der Waals surface area contributed by atoms with Gasteiger partial charge in [0.1, 0.15) is 17.3 Å². The van der Waals surface area contributed by atoms with Crippen molar-refractivity contribution >= 4 is 5.91 Å². The molecule has 138 valence electrons. The monoisotopic (exact) mass is 357 g/mol. The predicted octanol–water partition coefficient (Wildman–Crippen LogP) is 3.97. The molecule has 0 aromatic heterocycles. The Hall–Kier alpha value is -2.56. The van der Waals surface area contributed by atoms with Gasteiger partial charge in [0, 0.05) is 25.6 Å². The fraction of sp³-hybridized carbons (Fsp3) is 0.381. The van der Waals surface area contributed by atoms with Crippen molar-refractivity contribution in [2.45, 2.75) is 32.7 Å². The molecule has 0 fully saturated rings. The quantitative estimate of drug-likeness (QED) is 0.704. The first-order valence-corrected chi connectivity index (χ1v) is 9.06. The van der Waals surface area contributed by atoms with Gasteiger partial charge >= 0.3 is 0 Å². The number of carbonyl (C=O) groups excluding carboxylic acids is 1. The van der Waals surface area contributed by atoms with Gasteiger partial charge in [-0.25, -0.2) is 4.39 Å². The van der Waals surface area contributed by atoms with Gasteiger partial charge in [0.2, 0.25) is 5.91 Å². The topological polar surface area (TPSA) is 38.8 Å². The van der Waals surface area contributed by atoms with E-state index in [1.165, 1.54) is 17.7 Å². The molecular weight excluding hydrogens is 333 g/mol. The Morgan fingerprint density at radius 3 is 2.77 bits per heavy atom. The summed E-state index contributed by atoms with van der Waals surface area (Å²) >= 11 is 0. The van der Waals surface area contributed by atoms with E-state index in [1.807, 2.05) is 24.0 Å². The lowest BCUT2D eigenvalue weighted by Crippen LogP contribution is -2.36. The lowest BCUT2D eigenvalue weighted by molar-refractivity contribution is -0.132. The molecule has 0 N–H and O–H groups in total. The first kappa shape index (κ1) is 18.2. The number of benzene rings is 2. The van der Waals surface area contributed by atoms with Crippen molar-refractivity contribution < 1.29 is 18.7 Å². The number of nitrogens with zero attached hydrogens (tertiary/aromatic N) is 1. The van der Waals surface area contributed by atoms with Crippen LogP contribution in [0.15, 0.2) is 42.5 Å². The van der Waals surface area contributed by atoms with Gasteiger partial charge in [0.25, 0.3) is 0 Å². The molecule has 5 heteroatoms. The van der Waals surface area contributed by atoms with Gasteiger partial charge < -0.3 is 14.4 Å². The summed E-state index contributed by atoms with van der Waals surface area (Å²) < 4.78 is 24.1. The number of hydrogen-bond donors (Lipinski definition) is 0. The third-order valence-electron chi connectivity index (χ3n) is 4.45. The molecule has 0 radical (unpaired) electrons. The number of ether oxygens (including phenoxy) is 2. The molecule has 1 aliphatic rings. The molecule has 0 aliphatic carbocycles. The van der Waals surface area contributed by atoms with Crippen LogP contribution in [0.25, 0.3) is 0 Å². The second-order valence-electron chi connectivity index (χ2n) is 6.34. The van der Waals surface area contributed by atoms with Gasteiger partial charge in [-0.3, -0.25) is 4.79 Å². The van der Waals surface area contributed by atoms with Crippen LogP contribution in [-0.4, -0.2) is 30.6 Å². The zero-order valence-electron chi connectivity index (χ0n) is 15.0. The maximum Gasteiger partial charge on any atom is 0.223 e. The Kier molecular flexibility index (Phi) is 6.10. The van der Waals surface area contributed by atoms with Crippen LogP contribution in [0.1, 0.15) is 30.9 Å². The Balaban J connectivity index is 1.47. The first-order chi connectivity index (χ1) is 12.7. The standard InChI is InChI=1S/C21H24FNO3/c1-2-25-20-9-8-16-10-11-23(15-17(16)13-20)21(24)7-4-12-26-19-6-3-5-18(22)14-19/h3,5-6,8-9,13-14H,2,4,7,10-12,15H2,1H3. The van der Waals surface area contributed by atoms with Crippen LogP contribution < -0.4 is 9.47 Å². The molecule has 0 saturated heterocycles. The van der Waals surface area contributed by atoms with Crippen molar-refractivity contribution in [3.05, 3.63) is 59.4 Å². The summed E-state index contributed by atoms with van der Waals surface area (Å²) in [6.07, 6.45) is 1.90. The number of amides is 1. The average molecular weight is 357 g/mol. The minimum atomic E-state index is -0.322. The van der Waals surface area contributed by atoms with Gasteiger partial charge in [-0.2, -0.15) is 0 Å². The van der Waals surface area contributed by atoms with Crippen LogP contribution >= 0.6 is 0 Å². The summed E-state index contributed by atoms with van der Waals surface area (Å²) in [7, 11) is 0. The highest BCUT2D eigenvalue weighted by molar-refractivity contribution is 5.76. The van der Waals surface area contributed by atoms with E-state index in [9.17, 15) is 9.18 Å². The molecule has 1 aliphatic heterocycles. The lowest BCUT2D eigenvalue weighted by Gasteiger charge is -2.29. The number of halogens is 1. The van der Waals surface area contributed by atoms with Crippen LogP contribution in [0, 0.1) is 5.82 Å². The normalized spacial score (nSPS) is 13.2. The lowest BCUT2D eigenvalue weighted by atomic mass is 9.99. The van der Waals surface area contributed by atoms with E-state index in [-0.39, 0.29) is 11.7 Å². The second kappa shape index (κ2) is 8.70. The van der Waals surface area contributed by atoms with Crippen molar-refractivity contribution in [3.8, 4) is 11.5 Å². The van der Waals surface area contributed by atoms with Crippen LogP contribution in [0.4, 0.5) is 4.39 Å². The van der Waals surface area contributed by atoms with E-state index in [4.69, 9.17) is 9.47 Å². The minimum absolute atomic E-state index is 0.125. The Morgan fingerprint density at radius 1 is 1.12 bits per heavy atom. The molecule has 1 heterocycles. The van der Waals surface area contributed by atoms with Crippen molar-refractivity contribution in [2.75, 3.05) is 19.8 Å². The van der Waals surface area contributed by atoms with E-state index >= 15 is 0 Å². The molecule has 26 heavy (non-hydrogen) atoms. The van der Waals surface area contributed by atoms with Crippen LogP contribution in [0.3, 0.4) is 0 Å². The highest BCUT2D eigenvalue weighted by Crippen LogP contribution is 2.24. The Labute approximate surface area is 153 Å². The SMILES string of the molecule is CCOc1ccc2c(c1)CN(C(=O)CCCOc1cccc(F)c1)CC2. The molecule has 3 rings (SSSR count). The molecule has 0 bridgehead atoms. The molecule has 2 aromatic rings. The summed E-state index contributed by atoms with van der Waals surface area (Å²) in [6, 6.07) is 12.2. The predicted molar refractivity (Wildman–Crippen MR) is 97.9 cm³/mol. The Bertz CT molecular complexity index is 763. The summed E-state index contributed by atoms with van der Waals surface area (Å²) in [5.41, 5.74) is 2.44. The fourth-order valence-electron chi connectivity index (χ4n) is 3.13. The van der Waals surface area contributed by atoms with Crippen molar-refractivity contribution in [1.82, 2.24) is 4.90 Å². The first-order valence-electron chi connectivity index (χ1n) is 9.06. The molecule has 0 saturated carbocycles. The molecular formula is C21H24FNO3. The smallest absolute Gasteiger partial charge is 0.223 e. The largest absolute Gasteiger partial charge is 0.494 e. The highest BCUT2D eigenvalue weighted by atomic mass is 19.1. The van der Waals surface area contributed by atoms with Crippen molar-refractivity contribution in [3.63, 3.8) is 0 Å². The number of carbonyl (C=O) groups is 1. The number of rotatable bonds is 7. The minimum Gasteiger partial charge on any atom is -0.494 e. The maximum absolute atomic E-state index is 13.1. The van der Waals surface area contributed by atoms with Crippen LogP contribution in [-0.2, 0) is 17.8 Å². The van der Waals surface area contributed by atoms with E-state index in [1.54, 1.807) is 12.1 Å². The average Bonchev–Trinajstić information content (AvgIpc) is 2.65. The molecule has 0 unspecified atom stereocenters. The van der Waals surface area contributed by atoms with Gasteiger partial charge in [-0.05, 0) is 55.2 Å². The molecule has 1 amide bonds. The zero-order valence-corrected chi connectivity index (χ0v) is 15.0. The van der Waals surface area contributed by atoms with Gasteiger partial charge in [0.05, 0.1) is 13.2 Å². The highest BCUT2D eigenvalue weighted by Gasteiger charge is 2.20. The summed E-state index contributed by atoms with van der Waals surface area (Å²) in [4.78, 5) is 14.4. The van der Waals surface area contributed by atoms with E-state index < -0.39 is 0 Å². The molecule has 0 atom stereocenters. The van der Waals surface area contributed by atoms with Gasteiger partial charge in [-0.15, -0.1) is 0 Å². The van der Waals surface area contributed by atoms with Crippen LogP contribution in [0.5, 0.6) is 11.5 Å². The molecule has 4 nitrogen and oxygen atoms in total. The van der Waals surface area contributed by atoms with Gasteiger partial charge in [-0.1, -0.05) is 12.1 Å². The van der Waals surface area contributed by atoms with Crippen molar-refractivity contribution in [1.29, 1.82) is 0 Å². The molecule has 0 spiro atoms. The second-order valence-corrected chi connectivity index (χ2v) is 6.34. The fourth-order valence-corrected chi connectivity index (χ4v) is 3.13. The van der Waals surface area contributed by atoms with E-state index in [0.29, 0.717) is 38.3 Å². The summed E-state index contributed by atoms with van der Waals surface area (Å²) in [5.74, 6) is 1.15. The number of fused-ring (bicyclic) bond motifs is 1. The zero-order chi connectivity index (χ0) is 18.4. The maximum atomic E-state index is 13.1. The van der Waals surface area contributed by atoms with E-state index in [0.717, 1.165) is 24.3 Å². The third-order valence-corrected chi connectivity index (χ3v) is 4.45. The van der Waals surface area contributed by atoms with Gasteiger partial charge in [0.15, 0.2) is 0 Å². The number of hydrogen-bond acceptors (Lipinski definition) is 3. The van der Waals surface area contributed by atoms with Crippen LogP contribution in [0.2, 0.25) is 0 Å². The third kappa shape index (κ3) is 4.75. The van der Waals surface area contributed by atoms with E-state index in [2.05, 4.69) is 6.07 Å².